The average molecular weight is 473 g/mol. The molecule has 0 radical (unpaired) electrons. The Bertz CT molecular complexity index is 284. The summed E-state index contributed by atoms with van der Waals surface area (Å²) in [4.78, 5) is 0. The predicted octanol–water partition coefficient (Wildman–Crippen LogP) is 4.70. The molecule has 0 amide bonds. The van der Waals surface area contributed by atoms with Gasteiger partial charge in [0.15, 0.2) is 0 Å². The molecule has 10 heteroatoms. The predicted molar refractivity (Wildman–Crippen MR) is 123 cm³/mol. The van der Waals surface area contributed by atoms with E-state index in [1.54, 1.807) is 0 Å². The number of rotatable bonds is 20. The van der Waals surface area contributed by atoms with Crippen LogP contribution in [0.3, 0.4) is 0 Å². The third-order valence-corrected chi connectivity index (χ3v) is 8.34. The quantitative estimate of drug-likeness (QED) is 0.186. The molecule has 0 aromatic heterocycles. The van der Waals surface area contributed by atoms with Crippen LogP contribution in [0.2, 0.25) is 0 Å². The molecule has 0 spiro atoms. The fourth-order valence-electron chi connectivity index (χ4n) is 2.12. The van der Waals surface area contributed by atoms with Crippen molar-refractivity contribution in [2.75, 3.05) is 54.9 Å². The molecule has 0 saturated carbocycles. The molecule has 0 aliphatic carbocycles. The fourth-order valence-corrected chi connectivity index (χ4v) is 5.19. The molecule has 0 rings (SSSR count). The van der Waals surface area contributed by atoms with Crippen LogP contribution in [0.15, 0.2) is 0 Å². The Hall–Kier alpha value is 0.114. The van der Waals surface area contributed by atoms with Gasteiger partial charge in [-0.3, -0.25) is 0 Å². The molecule has 0 aromatic rings. The molecular weight excluding hydrogens is 424 g/mol. The highest BCUT2D eigenvalue weighted by atomic mass is 28.4. The summed E-state index contributed by atoms with van der Waals surface area (Å²) in [5.41, 5.74) is 0. The van der Waals surface area contributed by atoms with Crippen LogP contribution < -0.4 is 0 Å². The van der Waals surface area contributed by atoms with Gasteiger partial charge >= 0.3 is 18.1 Å². The van der Waals surface area contributed by atoms with E-state index in [0.717, 1.165) is 51.4 Å². The van der Waals surface area contributed by atoms with Crippen molar-refractivity contribution in [3.05, 3.63) is 0 Å². The molecule has 30 heavy (non-hydrogen) atoms. The summed E-state index contributed by atoms with van der Waals surface area (Å²) >= 11 is 0. The fraction of sp³-hybridized carbons (Fsp3) is 1.00. The maximum atomic E-state index is 5.98. The van der Waals surface area contributed by atoms with Crippen molar-refractivity contribution >= 4 is 18.1 Å². The van der Waals surface area contributed by atoms with Crippen molar-refractivity contribution in [3.8, 4) is 0 Å². The highest BCUT2D eigenvalue weighted by molar-refractivity contribution is 6.53. The molecule has 0 aliphatic rings. The van der Waals surface area contributed by atoms with Gasteiger partial charge in [0.2, 0.25) is 0 Å². The first-order valence-electron chi connectivity index (χ1n) is 11.2. The summed E-state index contributed by atoms with van der Waals surface area (Å²) in [6.07, 6.45) is 8.46. The first-order valence-corrected chi connectivity index (χ1v) is 14.5. The van der Waals surface area contributed by atoms with Crippen molar-refractivity contribution in [2.24, 2.45) is 0 Å². The summed E-state index contributed by atoms with van der Waals surface area (Å²) in [5, 5.41) is 0. The summed E-state index contributed by atoms with van der Waals surface area (Å²) < 4.78 is 43.4. The molecule has 0 atom stereocenters. The molecule has 0 heterocycles. The van der Waals surface area contributed by atoms with Gasteiger partial charge in [-0.1, -0.05) is 53.4 Å². The normalized spacial score (nSPS) is 12.0. The lowest BCUT2D eigenvalue weighted by Gasteiger charge is -2.28. The summed E-state index contributed by atoms with van der Waals surface area (Å²) in [7, 11) is 0.319. The van der Waals surface area contributed by atoms with E-state index in [4.69, 9.17) is 35.4 Å². The second-order valence-electron chi connectivity index (χ2n) is 6.62. The zero-order valence-electron chi connectivity index (χ0n) is 20.8. The van der Waals surface area contributed by atoms with Crippen LogP contribution >= 0.6 is 0 Å². The van der Waals surface area contributed by atoms with Crippen LogP contribution in [-0.2, 0) is 35.4 Å². The second-order valence-corrected chi connectivity index (χ2v) is 11.4. The van der Waals surface area contributed by atoms with Crippen molar-refractivity contribution in [2.45, 2.75) is 79.1 Å². The van der Waals surface area contributed by atoms with Crippen LogP contribution in [0.1, 0.15) is 79.1 Å². The van der Waals surface area contributed by atoms with E-state index in [9.17, 15) is 0 Å². The van der Waals surface area contributed by atoms with Gasteiger partial charge in [0.25, 0.3) is 0 Å². The van der Waals surface area contributed by atoms with E-state index in [-0.39, 0.29) is 0 Å². The Morgan fingerprint density at radius 1 is 0.400 bits per heavy atom. The van der Waals surface area contributed by atoms with Crippen molar-refractivity contribution in [3.63, 3.8) is 0 Å². The van der Waals surface area contributed by atoms with Crippen LogP contribution in [-0.4, -0.2) is 73.0 Å². The Labute approximate surface area is 187 Å². The molecule has 0 unspecified atom stereocenters. The highest BCUT2D eigenvalue weighted by Gasteiger charge is 2.45. The van der Waals surface area contributed by atoms with E-state index in [2.05, 4.69) is 27.7 Å². The molecule has 0 fully saturated rings. The van der Waals surface area contributed by atoms with Gasteiger partial charge in [-0.05, 0) is 25.7 Å². The Morgan fingerprint density at radius 2 is 0.633 bits per heavy atom. The SMILES string of the molecule is CCCCO[Si](OCCCC)(OCCCC)OCCCC.CO[Si](OC)(OC)OC. The van der Waals surface area contributed by atoms with E-state index in [1.165, 1.54) is 28.4 Å². The van der Waals surface area contributed by atoms with Crippen LogP contribution in [0, 0.1) is 0 Å². The molecular formula is C20H48O8Si2. The first-order chi connectivity index (χ1) is 14.5. The van der Waals surface area contributed by atoms with Crippen molar-refractivity contribution in [1.82, 2.24) is 0 Å². The maximum absolute atomic E-state index is 5.98. The van der Waals surface area contributed by atoms with Gasteiger partial charge in [-0.2, -0.15) is 0 Å². The van der Waals surface area contributed by atoms with E-state index < -0.39 is 18.1 Å². The monoisotopic (exact) mass is 472 g/mol. The van der Waals surface area contributed by atoms with Gasteiger partial charge in [0, 0.05) is 54.9 Å². The van der Waals surface area contributed by atoms with Gasteiger partial charge < -0.3 is 35.4 Å². The Morgan fingerprint density at radius 3 is 0.767 bits per heavy atom. The molecule has 0 N–H and O–H groups in total. The summed E-state index contributed by atoms with van der Waals surface area (Å²) in [6.45, 7) is 11.3. The molecule has 0 aromatic carbocycles. The van der Waals surface area contributed by atoms with Gasteiger partial charge in [0.1, 0.15) is 0 Å². The second kappa shape index (κ2) is 22.3. The third-order valence-electron chi connectivity index (χ3n) is 4.11. The first kappa shape index (κ1) is 32.3. The van der Waals surface area contributed by atoms with Gasteiger partial charge in [-0.15, -0.1) is 0 Å². The number of hydrogen-bond donors (Lipinski definition) is 0. The van der Waals surface area contributed by atoms with Gasteiger partial charge in [0.05, 0.1) is 0 Å². The molecule has 184 valence electrons. The highest BCUT2D eigenvalue weighted by Crippen LogP contribution is 2.16. The van der Waals surface area contributed by atoms with E-state index >= 15 is 0 Å². The molecule has 0 bridgehead atoms. The van der Waals surface area contributed by atoms with Crippen LogP contribution in [0.4, 0.5) is 0 Å². The Balaban J connectivity index is 0. The minimum atomic E-state index is -2.94. The van der Waals surface area contributed by atoms with Crippen molar-refractivity contribution < 1.29 is 35.4 Å². The van der Waals surface area contributed by atoms with E-state index in [1.807, 2.05) is 0 Å². The number of unbranched alkanes of at least 4 members (excludes halogenated alkanes) is 4. The number of hydrogen-bond acceptors (Lipinski definition) is 8. The van der Waals surface area contributed by atoms with Gasteiger partial charge in [-0.25, -0.2) is 0 Å². The maximum Gasteiger partial charge on any atom is 0.679 e. The summed E-state index contributed by atoms with van der Waals surface area (Å²) in [5.74, 6) is 0. The minimum Gasteiger partial charge on any atom is -0.355 e. The Kier molecular flexibility index (Phi) is 24.0. The molecule has 0 aliphatic heterocycles. The topological polar surface area (TPSA) is 73.8 Å². The van der Waals surface area contributed by atoms with Crippen LogP contribution in [0.25, 0.3) is 0 Å². The van der Waals surface area contributed by atoms with E-state index in [0.29, 0.717) is 26.4 Å². The molecule has 0 saturated heterocycles. The van der Waals surface area contributed by atoms with Crippen LogP contribution in [0.5, 0.6) is 0 Å². The largest absolute Gasteiger partial charge is 0.679 e. The zero-order valence-corrected chi connectivity index (χ0v) is 22.8. The third kappa shape index (κ3) is 15.8. The smallest absolute Gasteiger partial charge is 0.355 e. The molecule has 8 nitrogen and oxygen atoms in total. The minimum absolute atomic E-state index is 0.660. The zero-order chi connectivity index (χ0) is 23.1. The lowest BCUT2D eigenvalue weighted by molar-refractivity contribution is -0.0368. The lowest BCUT2D eigenvalue weighted by atomic mass is 10.4. The average Bonchev–Trinajstić information content (AvgIpc) is 2.77. The standard InChI is InChI=1S/C16H36O4Si.C4H12O4Si/c1-5-9-13-17-21(18-14-10-6-2,19-15-11-7-3)20-16-12-8-4;1-5-9(6-2,7-3)8-4/h5-16H2,1-4H3;1-4H3. The lowest BCUT2D eigenvalue weighted by Crippen LogP contribution is -2.50. The summed E-state index contributed by atoms with van der Waals surface area (Å²) in [6, 6.07) is 0. The van der Waals surface area contributed by atoms with Crippen molar-refractivity contribution in [1.29, 1.82) is 0 Å².